The summed E-state index contributed by atoms with van der Waals surface area (Å²) < 4.78 is 23.4. The van der Waals surface area contributed by atoms with Gasteiger partial charge in [0.05, 0.1) is 10.5 Å². The first-order valence-corrected chi connectivity index (χ1v) is 6.00. The van der Waals surface area contributed by atoms with Gasteiger partial charge in [0, 0.05) is 13.1 Å². The van der Waals surface area contributed by atoms with Gasteiger partial charge in [-0.25, -0.2) is 8.42 Å². The summed E-state index contributed by atoms with van der Waals surface area (Å²) >= 11 is 0. The lowest BCUT2D eigenvalue weighted by atomic mass is 10.1. The Kier molecular flexibility index (Phi) is 2.78. The van der Waals surface area contributed by atoms with E-state index >= 15 is 0 Å². The van der Waals surface area contributed by atoms with Gasteiger partial charge in [-0.15, -0.1) is 0 Å². The number of sulfone groups is 1. The molecular formula is C8H17NO2S. The lowest BCUT2D eigenvalue weighted by molar-refractivity contribution is 0.469. The number of hydrogen-bond donors (Lipinski definition) is 1. The smallest absolute Gasteiger partial charge is 0.158 e. The highest BCUT2D eigenvalue weighted by molar-refractivity contribution is 7.92. The molecule has 0 aromatic carbocycles. The van der Waals surface area contributed by atoms with E-state index in [0.717, 1.165) is 0 Å². The molecule has 1 aliphatic rings. The molecule has 1 N–H and O–H groups in total. The molecule has 0 saturated carbocycles. The maximum Gasteiger partial charge on any atom is 0.158 e. The van der Waals surface area contributed by atoms with Crippen LogP contribution >= 0.6 is 0 Å². The summed E-state index contributed by atoms with van der Waals surface area (Å²) in [5.74, 6) is 0.213. The highest BCUT2D eigenvalue weighted by atomic mass is 32.2. The fourth-order valence-electron chi connectivity index (χ4n) is 1.57. The van der Waals surface area contributed by atoms with Crippen molar-refractivity contribution in [1.29, 1.82) is 0 Å². The Bertz CT molecular complexity index is 246. The predicted octanol–water partition coefficient (Wildman–Crippen LogP) is 0.418. The van der Waals surface area contributed by atoms with Crippen LogP contribution in [-0.2, 0) is 9.84 Å². The van der Waals surface area contributed by atoms with Crippen molar-refractivity contribution in [3.8, 4) is 0 Å². The van der Waals surface area contributed by atoms with Crippen molar-refractivity contribution < 1.29 is 8.42 Å². The molecule has 1 heterocycles. The lowest BCUT2D eigenvalue weighted by Gasteiger charge is -2.30. The highest BCUT2D eigenvalue weighted by Gasteiger charge is 2.36. The van der Waals surface area contributed by atoms with Crippen molar-refractivity contribution in [2.75, 3.05) is 13.1 Å². The Morgan fingerprint density at radius 2 is 1.92 bits per heavy atom. The first kappa shape index (κ1) is 9.99. The molecule has 2 atom stereocenters. The summed E-state index contributed by atoms with van der Waals surface area (Å²) in [6, 6.07) is 0. The molecule has 1 aliphatic heterocycles. The zero-order chi connectivity index (χ0) is 9.35. The van der Waals surface area contributed by atoms with E-state index < -0.39 is 9.84 Å². The van der Waals surface area contributed by atoms with Gasteiger partial charge in [-0.1, -0.05) is 13.8 Å². The van der Waals surface area contributed by atoms with Gasteiger partial charge in [-0.05, 0) is 12.8 Å². The molecule has 1 fully saturated rings. The summed E-state index contributed by atoms with van der Waals surface area (Å²) in [6.07, 6.45) is 0. The second-order valence-electron chi connectivity index (χ2n) is 3.84. The van der Waals surface area contributed by atoms with Crippen molar-refractivity contribution in [2.45, 2.75) is 31.3 Å². The Labute approximate surface area is 74.5 Å². The molecule has 3 nitrogen and oxygen atoms in total. The van der Waals surface area contributed by atoms with E-state index in [2.05, 4.69) is 5.32 Å². The van der Waals surface area contributed by atoms with Gasteiger partial charge in [0.2, 0.25) is 0 Å². The fraction of sp³-hybridized carbons (Fsp3) is 1.00. The summed E-state index contributed by atoms with van der Waals surface area (Å²) in [5.41, 5.74) is 0. The lowest BCUT2D eigenvalue weighted by Crippen LogP contribution is -2.50. The minimum absolute atomic E-state index is 0.193. The summed E-state index contributed by atoms with van der Waals surface area (Å²) in [5, 5.41) is 2.73. The van der Waals surface area contributed by atoms with E-state index in [4.69, 9.17) is 0 Å². The van der Waals surface area contributed by atoms with Crippen molar-refractivity contribution in [3.63, 3.8) is 0 Å². The van der Waals surface area contributed by atoms with Crippen molar-refractivity contribution in [3.05, 3.63) is 0 Å². The minimum Gasteiger partial charge on any atom is -0.314 e. The molecule has 0 radical (unpaired) electrons. The van der Waals surface area contributed by atoms with Crippen molar-refractivity contribution >= 4 is 9.84 Å². The normalized spacial score (nSPS) is 35.3. The maximum absolute atomic E-state index is 11.7. The number of rotatable bonds is 1. The van der Waals surface area contributed by atoms with Crippen LogP contribution in [0.15, 0.2) is 0 Å². The quantitative estimate of drug-likeness (QED) is 0.653. The average molecular weight is 191 g/mol. The maximum atomic E-state index is 11.7. The van der Waals surface area contributed by atoms with Gasteiger partial charge in [0.1, 0.15) is 0 Å². The van der Waals surface area contributed by atoms with Gasteiger partial charge < -0.3 is 5.32 Å². The third-order valence-corrected chi connectivity index (χ3v) is 5.35. The Morgan fingerprint density at radius 3 is 2.33 bits per heavy atom. The van der Waals surface area contributed by atoms with Gasteiger partial charge in [0.25, 0.3) is 0 Å². The van der Waals surface area contributed by atoms with E-state index in [1.165, 1.54) is 0 Å². The molecule has 0 amide bonds. The van der Waals surface area contributed by atoms with Crippen molar-refractivity contribution in [1.82, 2.24) is 5.32 Å². The molecular weight excluding hydrogens is 174 g/mol. The largest absolute Gasteiger partial charge is 0.314 e. The van der Waals surface area contributed by atoms with Crippen LogP contribution in [0.3, 0.4) is 0 Å². The van der Waals surface area contributed by atoms with Crippen LogP contribution in [0.4, 0.5) is 0 Å². The number of nitrogens with one attached hydrogen (secondary N) is 1. The Balaban J connectivity index is 2.88. The monoisotopic (exact) mass is 191 g/mol. The second-order valence-corrected chi connectivity index (χ2v) is 6.43. The van der Waals surface area contributed by atoms with Crippen LogP contribution in [0.1, 0.15) is 20.8 Å². The van der Waals surface area contributed by atoms with Crippen LogP contribution in [0, 0.1) is 5.92 Å². The fourth-order valence-corrected chi connectivity index (χ4v) is 3.63. The molecule has 0 spiro atoms. The summed E-state index contributed by atoms with van der Waals surface area (Å²) in [4.78, 5) is 0. The van der Waals surface area contributed by atoms with Gasteiger partial charge in [-0.2, -0.15) is 0 Å². The molecule has 0 aromatic heterocycles. The van der Waals surface area contributed by atoms with Crippen LogP contribution in [0.5, 0.6) is 0 Å². The number of hydrogen-bond acceptors (Lipinski definition) is 3. The third kappa shape index (κ3) is 1.64. The topological polar surface area (TPSA) is 46.2 Å². The standard InChI is InChI=1S/C8H17NO2S/c1-6(2)8-5-9-4-7(3)12(8,10)11/h6-9H,4-5H2,1-3H3. The predicted molar refractivity (Wildman–Crippen MR) is 49.9 cm³/mol. The minimum atomic E-state index is -2.86. The SMILES string of the molecule is CC(C)C1CNCC(C)S1(=O)=O. The summed E-state index contributed by atoms with van der Waals surface area (Å²) in [7, 11) is -2.86. The molecule has 12 heavy (non-hydrogen) atoms. The van der Waals surface area contributed by atoms with E-state index in [0.29, 0.717) is 13.1 Å². The molecule has 0 aliphatic carbocycles. The van der Waals surface area contributed by atoms with Crippen LogP contribution in [-0.4, -0.2) is 32.0 Å². The van der Waals surface area contributed by atoms with Crippen LogP contribution in [0.25, 0.3) is 0 Å². The zero-order valence-corrected chi connectivity index (χ0v) is 8.69. The first-order chi connectivity index (χ1) is 5.46. The van der Waals surface area contributed by atoms with E-state index in [9.17, 15) is 8.42 Å². The van der Waals surface area contributed by atoms with Crippen molar-refractivity contribution in [2.24, 2.45) is 5.92 Å². The van der Waals surface area contributed by atoms with Gasteiger partial charge >= 0.3 is 0 Å². The Hall–Kier alpha value is -0.0900. The molecule has 72 valence electrons. The summed E-state index contributed by atoms with van der Waals surface area (Å²) in [6.45, 7) is 6.91. The molecule has 0 aromatic rings. The third-order valence-electron chi connectivity index (χ3n) is 2.50. The average Bonchev–Trinajstić information content (AvgIpc) is 1.94. The second kappa shape index (κ2) is 3.34. The first-order valence-electron chi connectivity index (χ1n) is 4.39. The highest BCUT2D eigenvalue weighted by Crippen LogP contribution is 2.19. The molecule has 1 rings (SSSR count). The zero-order valence-electron chi connectivity index (χ0n) is 7.87. The van der Waals surface area contributed by atoms with E-state index in [1.54, 1.807) is 6.92 Å². The molecule has 2 unspecified atom stereocenters. The van der Waals surface area contributed by atoms with Crippen LogP contribution < -0.4 is 5.32 Å². The Morgan fingerprint density at radius 1 is 1.33 bits per heavy atom. The molecule has 4 heteroatoms. The molecule has 0 bridgehead atoms. The van der Waals surface area contributed by atoms with E-state index in [-0.39, 0.29) is 16.4 Å². The van der Waals surface area contributed by atoms with Crippen LogP contribution in [0.2, 0.25) is 0 Å². The van der Waals surface area contributed by atoms with E-state index in [1.807, 2.05) is 13.8 Å². The van der Waals surface area contributed by atoms with Gasteiger partial charge in [0.15, 0.2) is 9.84 Å². The molecule has 1 saturated heterocycles. The van der Waals surface area contributed by atoms with Gasteiger partial charge in [-0.3, -0.25) is 0 Å².